The number of carbonyl (C=O) groups excluding carboxylic acids is 2. The zero-order valence-electron chi connectivity index (χ0n) is 13.3. The second kappa shape index (κ2) is 7.71. The van der Waals surface area contributed by atoms with Gasteiger partial charge in [0.2, 0.25) is 15.9 Å². The van der Waals surface area contributed by atoms with E-state index >= 15 is 0 Å². The molecule has 1 aliphatic heterocycles. The van der Waals surface area contributed by atoms with Crippen molar-refractivity contribution >= 4 is 21.8 Å². The molecule has 2 amide bonds. The van der Waals surface area contributed by atoms with Crippen LogP contribution in [0.25, 0.3) is 0 Å². The third-order valence-corrected chi connectivity index (χ3v) is 5.74. The van der Waals surface area contributed by atoms with E-state index in [1.54, 1.807) is 6.92 Å². The molecule has 1 aromatic rings. The van der Waals surface area contributed by atoms with Gasteiger partial charge in [0.15, 0.2) is 0 Å². The van der Waals surface area contributed by atoms with Crippen molar-refractivity contribution in [2.24, 2.45) is 0 Å². The van der Waals surface area contributed by atoms with Gasteiger partial charge in [-0.3, -0.25) is 9.59 Å². The van der Waals surface area contributed by atoms with E-state index in [0.29, 0.717) is 0 Å². The lowest BCUT2D eigenvalue weighted by molar-refractivity contribution is -0.120. The van der Waals surface area contributed by atoms with Gasteiger partial charge < -0.3 is 10.6 Å². The molecule has 0 saturated carbocycles. The standard InChI is InChI=1S/C15H20FN3O4S/c1-11-10-18-14(20)5-8-19(11)24(22,23)13-4-2-3-12(9-13)15(21)17-7-6-16/h2-4,9,11H,5-8,10H2,1H3,(H,17,21)(H,18,20)/t11-/m1/s1. The number of hydrogen-bond donors (Lipinski definition) is 2. The topological polar surface area (TPSA) is 95.6 Å². The Morgan fingerprint density at radius 3 is 2.92 bits per heavy atom. The molecule has 1 aliphatic rings. The number of nitrogens with one attached hydrogen (secondary N) is 2. The second-order valence-electron chi connectivity index (χ2n) is 5.49. The number of nitrogens with zero attached hydrogens (tertiary/aromatic N) is 1. The lowest BCUT2D eigenvalue weighted by atomic mass is 10.2. The predicted molar refractivity (Wildman–Crippen MR) is 85.7 cm³/mol. The summed E-state index contributed by atoms with van der Waals surface area (Å²) in [7, 11) is -3.85. The normalized spacial score (nSPS) is 19.4. The van der Waals surface area contributed by atoms with Gasteiger partial charge in [-0.05, 0) is 25.1 Å². The molecule has 1 aromatic carbocycles. The van der Waals surface area contributed by atoms with Crippen LogP contribution in [0.5, 0.6) is 0 Å². The highest BCUT2D eigenvalue weighted by atomic mass is 32.2. The molecule has 1 heterocycles. The van der Waals surface area contributed by atoms with Crippen LogP contribution in [-0.2, 0) is 14.8 Å². The van der Waals surface area contributed by atoms with Crippen LogP contribution < -0.4 is 10.6 Å². The Morgan fingerprint density at radius 2 is 2.21 bits per heavy atom. The van der Waals surface area contributed by atoms with E-state index in [4.69, 9.17) is 0 Å². The molecule has 2 N–H and O–H groups in total. The highest BCUT2D eigenvalue weighted by Crippen LogP contribution is 2.21. The van der Waals surface area contributed by atoms with Crippen molar-refractivity contribution in [3.05, 3.63) is 29.8 Å². The van der Waals surface area contributed by atoms with Gasteiger partial charge >= 0.3 is 0 Å². The van der Waals surface area contributed by atoms with Crippen molar-refractivity contribution in [1.29, 1.82) is 0 Å². The molecule has 0 radical (unpaired) electrons. The quantitative estimate of drug-likeness (QED) is 0.791. The molecule has 132 valence electrons. The molecule has 0 unspecified atom stereocenters. The highest BCUT2D eigenvalue weighted by Gasteiger charge is 2.31. The van der Waals surface area contributed by atoms with E-state index in [1.165, 1.54) is 28.6 Å². The first kappa shape index (κ1) is 18.3. The fourth-order valence-corrected chi connectivity index (χ4v) is 4.11. The Morgan fingerprint density at radius 1 is 1.46 bits per heavy atom. The summed E-state index contributed by atoms with van der Waals surface area (Å²) in [5.41, 5.74) is 0.140. The number of halogens is 1. The van der Waals surface area contributed by atoms with Gasteiger partial charge in [0.1, 0.15) is 6.67 Å². The number of sulfonamides is 1. The Bertz CT molecular complexity index is 723. The van der Waals surface area contributed by atoms with Crippen molar-refractivity contribution in [1.82, 2.24) is 14.9 Å². The summed E-state index contributed by atoms with van der Waals surface area (Å²) in [6, 6.07) is 5.18. The second-order valence-corrected chi connectivity index (χ2v) is 7.38. The maximum atomic E-state index is 12.8. The maximum Gasteiger partial charge on any atom is 0.251 e. The van der Waals surface area contributed by atoms with Crippen LogP contribution >= 0.6 is 0 Å². The molecular weight excluding hydrogens is 337 g/mol. The van der Waals surface area contributed by atoms with E-state index in [2.05, 4.69) is 10.6 Å². The minimum absolute atomic E-state index is 0.0309. The van der Waals surface area contributed by atoms with E-state index in [0.717, 1.165) is 0 Å². The summed E-state index contributed by atoms with van der Waals surface area (Å²) in [4.78, 5) is 23.3. The van der Waals surface area contributed by atoms with Crippen molar-refractivity contribution in [3.8, 4) is 0 Å². The van der Waals surface area contributed by atoms with Crippen LogP contribution in [0.15, 0.2) is 29.2 Å². The van der Waals surface area contributed by atoms with Gasteiger partial charge in [0, 0.05) is 37.7 Å². The first-order chi connectivity index (χ1) is 11.4. The minimum Gasteiger partial charge on any atom is -0.354 e. The van der Waals surface area contributed by atoms with Gasteiger partial charge in [-0.15, -0.1) is 0 Å². The van der Waals surface area contributed by atoms with Gasteiger partial charge in [-0.2, -0.15) is 4.31 Å². The van der Waals surface area contributed by atoms with Crippen LogP contribution in [-0.4, -0.2) is 56.9 Å². The number of carbonyl (C=O) groups is 2. The number of alkyl halides is 1. The fraction of sp³-hybridized carbons (Fsp3) is 0.467. The number of hydrogen-bond acceptors (Lipinski definition) is 4. The third-order valence-electron chi connectivity index (χ3n) is 3.73. The van der Waals surface area contributed by atoms with Gasteiger partial charge in [-0.25, -0.2) is 12.8 Å². The first-order valence-corrected chi connectivity index (χ1v) is 9.03. The maximum absolute atomic E-state index is 12.8. The lowest BCUT2D eigenvalue weighted by Gasteiger charge is -2.25. The molecule has 1 saturated heterocycles. The van der Waals surface area contributed by atoms with E-state index in [1.807, 2.05) is 0 Å². The molecule has 1 fully saturated rings. The predicted octanol–water partition coefficient (Wildman–Crippen LogP) is 0.285. The monoisotopic (exact) mass is 357 g/mol. The molecule has 1 atom stereocenters. The third kappa shape index (κ3) is 4.09. The average Bonchev–Trinajstić information content (AvgIpc) is 2.74. The molecular formula is C15H20FN3O4S. The number of amides is 2. The van der Waals surface area contributed by atoms with Gasteiger partial charge in [-0.1, -0.05) is 6.07 Å². The summed E-state index contributed by atoms with van der Waals surface area (Å²) in [5.74, 6) is -0.732. The largest absolute Gasteiger partial charge is 0.354 e. The Balaban J connectivity index is 2.28. The average molecular weight is 357 g/mol. The van der Waals surface area contributed by atoms with E-state index in [9.17, 15) is 22.4 Å². The Hall–Kier alpha value is -2.00. The van der Waals surface area contributed by atoms with Gasteiger partial charge in [0.05, 0.1) is 4.90 Å². The van der Waals surface area contributed by atoms with Crippen molar-refractivity contribution in [3.63, 3.8) is 0 Å². The Labute approximate surface area is 140 Å². The van der Waals surface area contributed by atoms with Crippen LogP contribution in [0.4, 0.5) is 4.39 Å². The molecule has 0 bridgehead atoms. The number of rotatable bonds is 5. The SMILES string of the molecule is C[C@@H]1CNC(=O)CCN1S(=O)(=O)c1cccc(C(=O)NCCF)c1. The van der Waals surface area contributed by atoms with Crippen molar-refractivity contribution in [2.45, 2.75) is 24.3 Å². The van der Waals surface area contributed by atoms with E-state index in [-0.39, 0.29) is 42.4 Å². The zero-order chi connectivity index (χ0) is 17.7. The summed E-state index contributed by atoms with van der Waals surface area (Å²) in [6.45, 7) is 1.19. The summed E-state index contributed by atoms with van der Waals surface area (Å²) in [5, 5.41) is 5.01. The van der Waals surface area contributed by atoms with Crippen molar-refractivity contribution < 1.29 is 22.4 Å². The van der Waals surface area contributed by atoms with Gasteiger partial charge in [0.25, 0.3) is 5.91 Å². The Kier molecular flexibility index (Phi) is 5.89. The van der Waals surface area contributed by atoms with Crippen LogP contribution in [0.1, 0.15) is 23.7 Å². The summed E-state index contributed by atoms with van der Waals surface area (Å²) in [6.07, 6.45) is 0.0836. The van der Waals surface area contributed by atoms with Crippen LogP contribution in [0.2, 0.25) is 0 Å². The first-order valence-electron chi connectivity index (χ1n) is 7.59. The van der Waals surface area contributed by atoms with Crippen LogP contribution in [0.3, 0.4) is 0 Å². The lowest BCUT2D eigenvalue weighted by Crippen LogP contribution is -2.41. The van der Waals surface area contributed by atoms with Crippen molar-refractivity contribution in [2.75, 3.05) is 26.3 Å². The molecule has 2 rings (SSSR count). The molecule has 7 nitrogen and oxygen atoms in total. The summed E-state index contributed by atoms with van der Waals surface area (Å²) >= 11 is 0. The number of benzene rings is 1. The molecule has 9 heteroatoms. The van der Waals surface area contributed by atoms with E-state index < -0.39 is 28.6 Å². The van der Waals surface area contributed by atoms with Crippen LogP contribution in [0, 0.1) is 0 Å². The molecule has 0 aliphatic carbocycles. The molecule has 0 spiro atoms. The minimum atomic E-state index is -3.85. The fourth-order valence-electron chi connectivity index (χ4n) is 2.44. The molecule has 24 heavy (non-hydrogen) atoms. The smallest absolute Gasteiger partial charge is 0.251 e. The zero-order valence-corrected chi connectivity index (χ0v) is 14.1. The highest BCUT2D eigenvalue weighted by molar-refractivity contribution is 7.89. The summed E-state index contributed by atoms with van der Waals surface area (Å²) < 4.78 is 39.1. The molecule has 0 aromatic heterocycles.